The van der Waals surface area contributed by atoms with Crippen molar-refractivity contribution >= 4 is 39.0 Å². The van der Waals surface area contributed by atoms with Crippen molar-refractivity contribution in [1.29, 1.82) is 0 Å². The number of benzene rings is 2. The summed E-state index contributed by atoms with van der Waals surface area (Å²) in [4.78, 5) is 24.7. The Hall–Kier alpha value is -2.38. The minimum atomic E-state index is -3.52. The summed E-state index contributed by atoms with van der Waals surface area (Å²) in [6, 6.07) is 11.2. The molecule has 0 bridgehead atoms. The molecule has 0 aromatic heterocycles. The van der Waals surface area contributed by atoms with E-state index < -0.39 is 27.8 Å². The first-order valence-corrected chi connectivity index (χ1v) is 11.4. The minimum Gasteiger partial charge on any atom is -0.449 e. The summed E-state index contributed by atoms with van der Waals surface area (Å²) >= 11 is 5.99. The van der Waals surface area contributed by atoms with Crippen LogP contribution in [0.25, 0.3) is 0 Å². The summed E-state index contributed by atoms with van der Waals surface area (Å²) in [6.07, 6.45) is 0.935. The van der Waals surface area contributed by atoms with Crippen LogP contribution in [0.3, 0.4) is 0 Å². The Kier molecular flexibility index (Phi) is 7.43. The van der Waals surface area contributed by atoms with E-state index in [1.165, 1.54) is 24.6 Å². The Balaban J connectivity index is 2.07. The molecule has 0 spiro atoms. The zero-order valence-corrected chi connectivity index (χ0v) is 18.3. The molecular formula is C21H24ClNO5S. The first kappa shape index (κ1) is 22.9. The number of rotatable bonds is 7. The zero-order chi connectivity index (χ0) is 21.8. The van der Waals surface area contributed by atoms with Crippen molar-refractivity contribution in [3.63, 3.8) is 0 Å². The van der Waals surface area contributed by atoms with Crippen molar-refractivity contribution in [2.45, 2.75) is 44.1 Å². The molecule has 2 aromatic carbocycles. The third kappa shape index (κ3) is 6.05. The van der Waals surface area contributed by atoms with Crippen molar-refractivity contribution in [2.75, 3.05) is 11.6 Å². The van der Waals surface area contributed by atoms with Gasteiger partial charge in [-0.3, -0.25) is 4.79 Å². The minimum absolute atomic E-state index is 0.0376. The van der Waals surface area contributed by atoms with Crippen LogP contribution in [0.5, 0.6) is 0 Å². The number of nitrogens with one attached hydrogen (secondary N) is 1. The molecule has 0 aliphatic rings. The highest BCUT2D eigenvalue weighted by molar-refractivity contribution is 7.90. The van der Waals surface area contributed by atoms with E-state index in [2.05, 4.69) is 19.2 Å². The Morgan fingerprint density at radius 3 is 2.28 bits per heavy atom. The number of carbonyl (C=O) groups is 2. The molecule has 0 radical (unpaired) electrons. The highest BCUT2D eigenvalue weighted by Crippen LogP contribution is 2.23. The molecule has 2 rings (SSSR count). The van der Waals surface area contributed by atoms with Crippen molar-refractivity contribution in [2.24, 2.45) is 0 Å². The summed E-state index contributed by atoms with van der Waals surface area (Å²) in [7, 11) is -3.52. The van der Waals surface area contributed by atoms with Crippen LogP contribution in [0.4, 0.5) is 5.69 Å². The van der Waals surface area contributed by atoms with Crippen LogP contribution in [0.1, 0.15) is 49.0 Å². The number of ether oxygens (including phenoxy) is 1. The number of halogens is 1. The summed E-state index contributed by atoms with van der Waals surface area (Å²) in [6.45, 7) is 5.66. The van der Waals surface area contributed by atoms with Gasteiger partial charge in [0.15, 0.2) is 15.9 Å². The first-order chi connectivity index (χ1) is 13.5. The predicted octanol–water partition coefficient (Wildman–Crippen LogP) is 4.44. The van der Waals surface area contributed by atoms with Crippen LogP contribution in [0, 0.1) is 0 Å². The second kappa shape index (κ2) is 9.41. The van der Waals surface area contributed by atoms with Crippen LogP contribution >= 0.6 is 11.6 Å². The second-order valence-corrected chi connectivity index (χ2v) is 9.30. The maximum Gasteiger partial charge on any atom is 0.340 e. The topological polar surface area (TPSA) is 89.5 Å². The van der Waals surface area contributed by atoms with Gasteiger partial charge in [0.25, 0.3) is 5.91 Å². The van der Waals surface area contributed by atoms with Gasteiger partial charge in [0.2, 0.25) is 0 Å². The normalized spacial score (nSPS) is 13.4. The molecule has 2 atom stereocenters. The monoisotopic (exact) mass is 437 g/mol. The van der Waals surface area contributed by atoms with Gasteiger partial charge in [-0.25, -0.2) is 13.2 Å². The summed E-state index contributed by atoms with van der Waals surface area (Å²) in [5.74, 6) is -0.965. The molecule has 0 saturated heterocycles. The van der Waals surface area contributed by atoms with Gasteiger partial charge in [0.05, 0.1) is 15.5 Å². The molecule has 1 N–H and O–H groups in total. The van der Waals surface area contributed by atoms with Crippen molar-refractivity contribution in [1.82, 2.24) is 0 Å². The smallest absolute Gasteiger partial charge is 0.340 e. The lowest BCUT2D eigenvalue weighted by Crippen LogP contribution is -2.30. The average molecular weight is 438 g/mol. The number of carbonyl (C=O) groups excluding carboxylic acids is 2. The zero-order valence-electron chi connectivity index (χ0n) is 16.7. The van der Waals surface area contributed by atoms with Crippen LogP contribution < -0.4 is 5.32 Å². The van der Waals surface area contributed by atoms with Gasteiger partial charge in [-0.1, -0.05) is 37.6 Å². The molecule has 0 aliphatic carbocycles. The lowest BCUT2D eigenvalue weighted by Gasteiger charge is -2.15. The number of esters is 1. The molecule has 29 heavy (non-hydrogen) atoms. The van der Waals surface area contributed by atoms with Gasteiger partial charge in [-0.2, -0.15) is 0 Å². The molecule has 0 unspecified atom stereocenters. The fourth-order valence-corrected chi connectivity index (χ4v) is 3.39. The molecule has 0 saturated carbocycles. The van der Waals surface area contributed by atoms with Crippen LogP contribution in [-0.2, 0) is 19.4 Å². The Labute approximate surface area is 176 Å². The van der Waals surface area contributed by atoms with Crippen molar-refractivity contribution < 1.29 is 22.7 Å². The van der Waals surface area contributed by atoms with Crippen LogP contribution in [0.2, 0.25) is 5.02 Å². The van der Waals surface area contributed by atoms with E-state index in [4.69, 9.17) is 16.3 Å². The third-order valence-electron chi connectivity index (χ3n) is 4.60. The fourth-order valence-electron chi connectivity index (χ4n) is 2.54. The summed E-state index contributed by atoms with van der Waals surface area (Å²) < 4.78 is 28.5. The highest BCUT2D eigenvalue weighted by Gasteiger charge is 2.22. The van der Waals surface area contributed by atoms with E-state index in [0.29, 0.717) is 11.6 Å². The Morgan fingerprint density at radius 1 is 1.10 bits per heavy atom. The van der Waals surface area contributed by atoms with Gasteiger partial charge in [-0.05, 0) is 55.2 Å². The van der Waals surface area contributed by atoms with Gasteiger partial charge in [-0.15, -0.1) is 0 Å². The maximum absolute atomic E-state index is 12.4. The second-order valence-electron chi connectivity index (χ2n) is 6.88. The lowest BCUT2D eigenvalue weighted by atomic mass is 9.99. The number of hydrogen-bond acceptors (Lipinski definition) is 5. The fraction of sp³-hybridized carbons (Fsp3) is 0.333. The number of sulfone groups is 1. The van der Waals surface area contributed by atoms with E-state index in [1.54, 1.807) is 12.1 Å². The largest absolute Gasteiger partial charge is 0.449 e. The summed E-state index contributed by atoms with van der Waals surface area (Å²) in [5.41, 5.74) is 1.64. The molecule has 0 aliphatic heterocycles. The van der Waals surface area contributed by atoms with Gasteiger partial charge < -0.3 is 10.1 Å². The molecule has 156 valence electrons. The van der Waals surface area contributed by atoms with E-state index in [9.17, 15) is 18.0 Å². The lowest BCUT2D eigenvalue weighted by molar-refractivity contribution is -0.123. The van der Waals surface area contributed by atoms with E-state index >= 15 is 0 Å². The predicted molar refractivity (Wildman–Crippen MR) is 113 cm³/mol. The molecular weight excluding hydrogens is 414 g/mol. The van der Waals surface area contributed by atoms with E-state index in [0.717, 1.165) is 18.7 Å². The Bertz CT molecular complexity index is 1000. The summed E-state index contributed by atoms with van der Waals surface area (Å²) in [5, 5.41) is 2.73. The Morgan fingerprint density at radius 2 is 1.72 bits per heavy atom. The maximum atomic E-state index is 12.4. The number of amides is 1. The van der Waals surface area contributed by atoms with Crippen molar-refractivity contribution in [3.8, 4) is 0 Å². The number of anilines is 1. The average Bonchev–Trinajstić information content (AvgIpc) is 2.67. The van der Waals surface area contributed by atoms with Gasteiger partial charge >= 0.3 is 5.97 Å². The van der Waals surface area contributed by atoms with Gasteiger partial charge in [0, 0.05) is 11.9 Å². The molecule has 0 fully saturated rings. The number of hydrogen-bond donors (Lipinski definition) is 1. The molecule has 6 nitrogen and oxygen atoms in total. The van der Waals surface area contributed by atoms with Crippen LogP contribution in [-0.4, -0.2) is 32.7 Å². The van der Waals surface area contributed by atoms with Crippen LogP contribution in [0.15, 0.2) is 47.4 Å². The van der Waals surface area contributed by atoms with E-state index in [-0.39, 0.29) is 15.5 Å². The molecule has 8 heteroatoms. The first-order valence-electron chi connectivity index (χ1n) is 9.14. The quantitative estimate of drug-likeness (QED) is 0.646. The van der Waals surface area contributed by atoms with E-state index in [1.807, 2.05) is 12.1 Å². The van der Waals surface area contributed by atoms with Crippen molar-refractivity contribution in [3.05, 3.63) is 58.6 Å². The molecule has 0 heterocycles. The SMILES string of the molecule is CC[C@H](C)c1ccc(NC(=O)[C@H](C)OC(=O)c2cc(S(C)(=O)=O)ccc2Cl)cc1. The molecule has 2 aromatic rings. The van der Waals surface area contributed by atoms with Gasteiger partial charge in [0.1, 0.15) is 0 Å². The molecule has 1 amide bonds. The standard InChI is InChI=1S/C21H24ClNO5S/c1-5-13(2)15-6-8-16(9-7-15)23-20(24)14(3)28-21(25)18-12-17(29(4,26)27)10-11-19(18)22/h6-14H,5H2,1-4H3,(H,23,24)/t13-,14-/m0/s1. The highest BCUT2D eigenvalue weighted by atomic mass is 35.5. The third-order valence-corrected chi connectivity index (χ3v) is 6.04.